The smallest absolute Gasteiger partial charge is 0.136 e. The van der Waals surface area contributed by atoms with Crippen LogP contribution in [0.2, 0.25) is 0 Å². The van der Waals surface area contributed by atoms with Crippen molar-refractivity contribution in [2.75, 3.05) is 4.90 Å². The van der Waals surface area contributed by atoms with Crippen LogP contribution in [0.5, 0.6) is 0 Å². The van der Waals surface area contributed by atoms with Crippen molar-refractivity contribution in [3.8, 4) is 22.3 Å². The van der Waals surface area contributed by atoms with Crippen LogP contribution >= 0.6 is 0 Å². The van der Waals surface area contributed by atoms with Gasteiger partial charge in [0, 0.05) is 38.6 Å². The molecule has 1 aromatic heterocycles. The third-order valence-electron chi connectivity index (χ3n) is 9.64. The highest BCUT2D eigenvalue weighted by molar-refractivity contribution is 6.22. The first-order chi connectivity index (χ1) is 22.1. The minimum absolute atomic E-state index is 0.0756. The molecule has 1 heterocycles. The summed E-state index contributed by atoms with van der Waals surface area (Å²) in [4.78, 5) is 2.39. The molecule has 0 spiro atoms. The summed E-state index contributed by atoms with van der Waals surface area (Å²) >= 11 is 0. The second kappa shape index (κ2) is 9.70. The Morgan fingerprint density at radius 2 is 1.18 bits per heavy atom. The van der Waals surface area contributed by atoms with Gasteiger partial charge in [-0.2, -0.15) is 0 Å². The number of anilines is 3. The van der Waals surface area contributed by atoms with E-state index in [1.54, 1.807) is 0 Å². The van der Waals surface area contributed by atoms with Gasteiger partial charge in [-0.05, 0) is 87.3 Å². The zero-order valence-corrected chi connectivity index (χ0v) is 25.3. The molecule has 214 valence electrons. The average Bonchev–Trinajstić information content (AvgIpc) is 3.58. The zero-order chi connectivity index (χ0) is 30.1. The van der Waals surface area contributed by atoms with Gasteiger partial charge in [-0.1, -0.05) is 117 Å². The Labute approximate surface area is 262 Å². The Balaban J connectivity index is 1.25. The first kappa shape index (κ1) is 25.9. The van der Waals surface area contributed by atoms with E-state index in [0.717, 1.165) is 33.6 Å². The van der Waals surface area contributed by atoms with Gasteiger partial charge < -0.3 is 9.32 Å². The topological polar surface area (TPSA) is 16.4 Å². The summed E-state index contributed by atoms with van der Waals surface area (Å²) in [5, 5.41) is 4.75. The van der Waals surface area contributed by atoms with Gasteiger partial charge in [0.2, 0.25) is 0 Å². The highest BCUT2D eigenvalue weighted by Crippen LogP contribution is 2.51. The van der Waals surface area contributed by atoms with E-state index in [-0.39, 0.29) is 5.41 Å². The fourth-order valence-electron chi connectivity index (χ4n) is 7.50. The summed E-state index contributed by atoms with van der Waals surface area (Å²) in [7, 11) is 0. The van der Waals surface area contributed by atoms with E-state index in [1.807, 2.05) is 6.07 Å². The average molecular weight is 578 g/mol. The zero-order valence-electron chi connectivity index (χ0n) is 25.3. The predicted octanol–water partition coefficient (Wildman–Crippen LogP) is 12.2. The van der Waals surface area contributed by atoms with Gasteiger partial charge in [-0.15, -0.1) is 0 Å². The standard InChI is InChI=1S/C43H31NO/c1-43(2)37-20-8-6-17-34(37)35-24-23-32(27-38(35)43)44(30-14-4-3-5-15-30)31-16-10-13-29(26-31)33-19-11-12-28-22-25-40-42(41(28)33)36-18-7-9-21-39(36)45-40/h3-27H,1-2H3. The number of hydrogen-bond acceptors (Lipinski definition) is 2. The van der Waals surface area contributed by atoms with E-state index in [1.165, 1.54) is 49.5 Å². The molecule has 2 nitrogen and oxygen atoms in total. The molecule has 1 aliphatic rings. The van der Waals surface area contributed by atoms with Crippen molar-refractivity contribution in [2.24, 2.45) is 0 Å². The van der Waals surface area contributed by atoms with Gasteiger partial charge in [0.1, 0.15) is 11.2 Å². The van der Waals surface area contributed by atoms with E-state index in [2.05, 4.69) is 164 Å². The summed E-state index contributed by atoms with van der Waals surface area (Å²) in [6.45, 7) is 4.69. The van der Waals surface area contributed by atoms with Crippen molar-refractivity contribution in [1.82, 2.24) is 0 Å². The normalized spacial score (nSPS) is 13.3. The van der Waals surface area contributed by atoms with Crippen LogP contribution in [0.15, 0.2) is 156 Å². The molecule has 9 rings (SSSR count). The van der Waals surface area contributed by atoms with Crippen molar-refractivity contribution in [3.05, 3.63) is 163 Å². The highest BCUT2D eigenvalue weighted by Gasteiger charge is 2.35. The number of nitrogens with zero attached hydrogens (tertiary/aromatic N) is 1. The van der Waals surface area contributed by atoms with E-state index < -0.39 is 0 Å². The fourth-order valence-corrected chi connectivity index (χ4v) is 7.50. The van der Waals surface area contributed by atoms with E-state index in [0.29, 0.717) is 0 Å². The molecule has 0 radical (unpaired) electrons. The molecule has 0 bridgehead atoms. The molecular weight excluding hydrogens is 546 g/mol. The quantitative estimate of drug-likeness (QED) is 0.207. The molecule has 0 N–H and O–H groups in total. The molecule has 7 aromatic carbocycles. The molecule has 0 amide bonds. The Morgan fingerprint density at radius 3 is 2.09 bits per heavy atom. The molecule has 0 saturated heterocycles. The SMILES string of the molecule is CC1(C)c2ccccc2-c2ccc(N(c3ccccc3)c3cccc(-c4cccc5ccc6oc7ccccc7c6c45)c3)cc21. The number of benzene rings is 7. The highest BCUT2D eigenvalue weighted by atomic mass is 16.3. The van der Waals surface area contributed by atoms with Crippen molar-refractivity contribution in [1.29, 1.82) is 0 Å². The van der Waals surface area contributed by atoms with Crippen LogP contribution in [0.4, 0.5) is 17.1 Å². The third-order valence-corrected chi connectivity index (χ3v) is 9.64. The minimum atomic E-state index is -0.0756. The van der Waals surface area contributed by atoms with E-state index in [4.69, 9.17) is 4.42 Å². The van der Waals surface area contributed by atoms with Crippen LogP contribution in [0.1, 0.15) is 25.0 Å². The second-order valence-corrected chi connectivity index (χ2v) is 12.6. The fraction of sp³-hybridized carbons (Fsp3) is 0.0698. The van der Waals surface area contributed by atoms with Gasteiger partial charge in [0.25, 0.3) is 0 Å². The molecule has 0 atom stereocenters. The van der Waals surface area contributed by atoms with E-state index in [9.17, 15) is 0 Å². The van der Waals surface area contributed by atoms with Gasteiger partial charge in [-0.3, -0.25) is 0 Å². The Bertz CT molecular complexity index is 2410. The van der Waals surface area contributed by atoms with Crippen molar-refractivity contribution < 1.29 is 4.42 Å². The summed E-state index contributed by atoms with van der Waals surface area (Å²) in [5.41, 5.74) is 12.9. The lowest BCUT2D eigenvalue weighted by molar-refractivity contribution is 0.660. The molecule has 1 aliphatic carbocycles. The molecule has 0 saturated carbocycles. The Kier molecular flexibility index (Phi) is 5.58. The van der Waals surface area contributed by atoms with Crippen LogP contribution in [-0.2, 0) is 5.41 Å². The van der Waals surface area contributed by atoms with Crippen LogP contribution in [0, 0.1) is 0 Å². The van der Waals surface area contributed by atoms with Crippen molar-refractivity contribution >= 4 is 49.8 Å². The van der Waals surface area contributed by atoms with Crippen LogP contribution in [0.25, 0.3) is 55.0 Å². The van der Waals surface area contributed by atoms with Crippen molar-refractivity contribution in [2.45, 2.75) is 19.3 Å². The molecule has 0 unspecified atom stereocenters. The van der Waals surface area contributed by atoms with Gasteiger partial charge in [0.05, 0.1) is 0 Å². The lowest BCUT2D eigenvalue weighted by Gasteiger charge is -2.28. The van der Waals surface area contributed by atoms with Crippen molar-refractivity contribution in [3.63, 3.8) is 0 Å². The van der Waals surface area contributed by atoms with E-state index >= 15 is 0 Å². The minimum Gasteiger partial charge on any atom is -0.456 e. The van der Waals surface area contributed by atoms with Crippen LogP contribution in [0.3, 0.4) is 0 Å². The maximum absolute atomic E-state index is 6.30. The van der Waals surface area contributed by atoms with Gasteiger partial charge in [0.15, 0.2) is 0 Å². The summed E-state index contributed by atoms with van der Waals surface area (Å²) in [5.74, 6) is 0. The number of furan rings is 1. The molecular formula is C43H31NO. The second-order valence-electron chi connectivity index (χ2n) is 12.6. The van der Waals surface area contributed by atoms with Crippen LogP contribution in [-0.4, -0.2) is 0 Å². The monoisotopic (exact) mass is 577 g/mol. The number of para-hydroxylation sites is 2. The number of hydrogen-bond donors (Lipinski definition) is 0. The molecule has 8 aromatic rings. The summed E-state index contributed by atoms with van der Waals surface area (Å²) in [6.07, 6.45) is 0. The third kappa shape index (κ3) is 3.89. The van der Waals surface area contributed by atoms with Crippen LogP contribution < -0.4 is 4.90 Å². The molecule has 45 heavy (non-hydrogen) atoms. The Morgan fingerprint density at radius 1 is 0.467 bits per heavy atom. The first-order valence-corrected chi connectivity index (χ1v) is 15.6. The molecule has 0 fully saturated rings. The summed E-state index contributed by atoms with van der Waals surface area (Å²) in [6, 6.07) is 54.7. The molecule has 0 aliphatic heterocycles. The maximum atomic E-state index is 6.30. The lowest BCUT2D eigenvalue weighted by atomic mass is 9.82. The maximum Gasteiger partial charge on any atom is 0.136 e. The molecule has 2 heteroatoms. The van der Waals surface area contributed by atoms with Gasteiger partial charge >= 0.3 is 0 Å². The largest absolute Gasteiger partial charge is 0.456 e. The van der Waals surface area contributed by atoms with Gasteiger partial charge in [-0.25, -0.2) is 0 Å². The predicted molar refractivity (Wildman–Crippen MR) is 189 cm³/mol. The summed E-state index contributed by atoms with van der Waals surface area (Å²) < 4.78 is 6.30. The number of fused-ring (bicyclic) bond motifs is 8. The number of rotatable bonds is 4. The lowest BCUT2D eigenvalue weighted by Crippen LogP contribution is -2.16. The first-order valence-electron chi connectivity index (χ1n) is 15.6. The Hall–Kier alpha value is -5.60.